The van der Waals surface area contributed by atoms with E-state index < -0.39 is 0 Å². The molecule has 0 spiro atoms. The van der Waals surface area contributed by atoms with E-state index in [1.807, 2.05) is 25.1 Å². The molecule has 4 rings (SSSR count). The summed E-state index contributed by atoms with van der Waals surface area (Å²) in [7, 11) is 0. The van der Waals surface area contributed by atoms with Crippen LogP contribution in [0.25, 0.3) is 0 Å². The lowest BCUT2D eigenvalue weighted by Gasteiger charge is -2.30. The summed E-state index contributed by atoms with van der Waals surface area (Å²) in [6, 6.07) is 5.46. The molecular formula is C22H23N3O5S. The molecule has 1 aromatic heterocycles. The Morgan fingerprint density at radius 2 is 2.10 bits per heavy atom. The minimum atomic E-state index is -0.381. The van der Waals surface area contributed by atoms with Crippen molar-refractivity contribution in [2.45, 2.75) is 25.7 Å². The lowest BCUT2D eigenvalue weighted by atomic mass is 9.98. The van der Waals surface area contributed by atoms with Crippen LogP contribution >= 0.6 is 11.3 Å². The second-order valence-electron chi connectivity index (χ2n) is 7.18. The molecule has 3 heterocycles. The van der Waals surface area contributed by atoms with E-state index in [-0.39, 0.29) is 31.3 Å². The number of anilines is 1. The number of thiazole rings is 1. The van der Waals surface area contributed by atoms with E-state index >= 15 is 0 Å². The number of nitrogens with zero attached hydrogens (tertiary/aromatic N) is 3. The monoisotopic (exact) mass is 441 g/mol. The minimum absolute atomic E-state index is 0.0198. The number of carbonyl (C=O) groups is 2. The van der Waals surface area contributed by atoms with Crippen molar-refractivity contribution in [3.8, 4) is 23.8 Å². The van der Waals surface area contributed by atoms with Crippen LogP contribution in [0, 0.1) is 12.3 Å². The first kappa shape index (κ1) is 21.0. The van der Waals surface area contributed by atoms with E-state index in [0.29, 0.717) is 36.8 Å². The molecular weight excluding hydrogens is 418 g/mol. The smallest absolute Gasteiger partial charge is 0.410 e. The predicted octanol–water partition coefficient (Wildman–Crippen LogP) is 3.49. The number of carbonyl (C=O) groups excluding carboxylic acids is 2. The summed E-state index contributed by atoms with van der Waals surface area (Å²) in [6.45, 7) is 3.75. The first-order chi connectivity index (χ1) is 15.1. The third kappa shape index (κ3) is 4.44. The summed E-state index contributed by atoms with van der Waals surface area (Å²) >= 11 is 1.49. The van der Waals surface area contributed by atoms with E-state index in [1.54, 1.807) is 15.2 Å². The van der Waals surface area contributed by atoms with Gasteiger partial charge in [-0.1, -0.05) is 5.92 Å². The van der Waals surface area contributed by atoms with Crippen LogP contribution in [0.2, 0.25) is 0 Å². The maximum atomic E-state index is 13.1. The summed E-state index contributed by atoms with van der Waals surface area (Å²) in [6.07, 6.45) is 6.29. The summed E-state index contributed by atoms with van der Waals surface area (Å²) < 4.78 is 15.8. The maximum Gasteiger partial charge on any atom is 0.410 e. The van der Waals surface area contributed by atoms with Crippen LogP contribution in [0.3, 0.4) is 0 Å². The number of rotatable bonds is 5. The van der Waals surface area contributed by atoms with Gasteiger partial charge in [-0.3, -0.25) is 4.79 Å². The Labute approximate surface area is 184 Å². The molecule has 31 heavy (non-hydrogen) atoms. The molecule has 0 radical (unpaired) electrons. The second-order valence-corrected chi connectivity index (χ2v) is 8.07. The SMILES string of the molecule is C#CCOC(=O)N1CCC(c2nc(C(=O)N(CC)c3ccc4c(c3)OCO4)cs2)CC1. The van der Waals surface area contributed by atoms with Gasteiger partial charge in [-0.05, 0) is 31.9 Å². The Morgan fingerprint density at radius 1 is 1.32 bits per heavy atom. The van der Waals surface area contributed by atoms with Gasteiger partial charge in [0.2, 0.25) is 6.79 Å². The average molecular weight is 442 g/mol. The van der Waals surface area contributed by atoms with Crippen LogP contribution in [0.4, 0.5) is 10.5 Å². The molecule has 0 atom stereocenters. The van der Waals surface area contributed by atoms with Gasteiger partial charge in [0.25, 0.3) is 5.91 Å². The lowest BCUT2D eigenvalue weighted by Crippen LogP contribution is -2.38. The Morgan fingerprint density at radius 3 is 2.84 bits per heavy atom. The highest BCUT2D eigenvalue weighted by atomic mass is 32.1. The van der Waals surface area contributed by atoms with Gasteiger partial charge in [-0.15, -0.1) is 17.8 Å². The zero-order chi connectivity index (χ0) is 21.8. The predicted molar refractivity (Wildman–Crippen MR) is 116 cm³/mol. The third-order valence-corrected chi connectivity index (χ3v) is 6.36. The fraction of sp³-hybridized carbons (Fsp3) is 0.409. The highest BCUT2D eigenvalue weighted by Crippen LogP contribution is 2.36. The largest absolute Gasteiger partial charge is 0.454 e. The van der Waals surface area contributed by atoms with Crippen molar-refractivity contribution in [2.75, 3.05) is 37.9 Å². The molecule has 0 N–H and O–H groups in total. The van der Waals surface area contributed by atoms with Crippen molar-refractivity contribution >= 4 is 29.0 Å². The maximum absolute atomic E-state index is 13.1. The Bertz CT molecular complexity index is 1010. The minimum Gasteiger partial charge on any atom is -0.454 e. The van der Waals surface area contributed by atoms with Crippen LogP contribution in [-0.2, 0) is 4.74 Å². The molecule has 0 aliphatic carbocycles. The summed E-state index contributed by atoms with van der Waals surface area (Å²) in [5.74, 6) is 3.67. The van der Waals surface area contributed by atoms with Gasteiger partial charge < -0.3 is 24.0 Å². The number of hydrogen-bond donors (Lipinski definition) is 0. The lowest BCUT2D eigenvalue weighted by molar-refractivity contribution is 0.0984. The molecule has 1 aromatic carbocycles. The number of fused-ring (bicyclic) bond motifs is 1. The van der Waals surface area contributed by atoms with Crippen molar-refractivity contribution in [1.82, 2.24) is 9.88 Å². The van der Waals surface area contributed by atoms with Gasteiger partial charge in [-0.25, -0.2) is 9.78 Å². The van der Waals surface area contributed by atoms with Gasteiger partial charge in [0.15, 0.2) is 18.1 Å². The Hall–Kier alpha value is -3.25. The molecule has 2 aromatic rings. The average Bonchev–Trinajstić information content (AvgIpc) is 3.47. The van der Waals surface area contributed by atoms with Crippen LogP contribution < -0.4 is 14.4 Å². The zero-order valence-corrected chi connectivity index (χ0v) is 18.0. The molecule has 9 heteroatoms. The quantitative estimate of drug-likeness (QED) is 0.661. The summed E-state index contributed by atoms with van der Waals surface area (Å²) in [5, 5.41) is 2.72. The Balaban J connectivity index is 1.41. The molecule has 1 fully saturated rings. The normalized spacial score (nSPS) is 15.4. The van der Waals surface area contributed by atoms with Crippen LogP contribution in [0.5, 0.6) is 11.5 Å². The number of terminal acetylenes is 1. The van der Waals surface area contributed by atoms with Crippen molar-refractivity contribution in [2.24, 2.45) is 0 Å². The third-order valence-electron chi connectivity index (χ3n) is 5.35. The van der Waals surface area contributed by atoms with Crippen molar-refractivity contribution in [3.05, 3.63) is 34.3 Å². The van der Waals surface area contributed by atoms with E-state index in [0.717, 1.165) is 23.5 Å². The molecule has 2 aliphatic rings. The highest BCUT2D eigenvalue weighted by molar-refractivity contribution is 7.10. The topological polar surface area (TPSA) is 81.2 Å². The molecule has 0 bridgehead atoms. The van der Waals surface area contributed by atoms with Gasteiger partial charge in [0.05, 0.1) is 5.01 Å². The molecule has 1 saturated heterocycles. The van der Waals surface area contributed by atoms with E-state index in [2.05, 4.69) is 10.9 Å². The number of aromatic nitrogens is 1. The van der Waals surface area contributed by atoms with E-state index in [9.17, 15) is 9.59 Å². The van der Waals surface area contributed by atoms with Gasteiger partial charge in [0, 0.05) is 42.7 Å². The summed E-state index contributed by atoms with van der Waals surface area (Å²) in [5.41, 5.74) is 1.17. The molecule has 162 valence electrons. The molecule has 2 aliphatic heterocycles. The van der Waals surface area contributed by atoms with Crippen molar-refractivity contribution in [3.63, 3.8) is 0 Å². The van der Waals surface area contributed by atoms with E-state index in [4.69, 9.17) is 20.6 Å². The molecule has 2 amide bonds. The van der Waals surface area contributed by atoms with Crippen molar-refractivity contribution < 1.29 is 23.8 Å². The zero-order valence-electron chi connectivity index (χ0n) is 17.2. The number of piperidine rings is 1. The molecule has 0 saturated carbocycles. The number of ether oxygens (including phenoxy) is 3. The van der Waals surface area contributed by atoms with Crippen molar-refractivity contribution in [1.29, 1.82) is 0 Å². The molecule has 8 nitrogen and oxygen atoms in total. The standard InChI is InChI=1S/C22H23N3O5S/c1-3-11-28-22(27)24-9-7-15(8-10-24)20-23-17(13-31-20)21(26)25(4-2)16-5-6-18-19(12-16)30-14-29-18/h1,5-6,12-13,15H,4,7-11,14H2,2H3. The fourth-order valence-corrected chi connectivity index (χ4v) is 4.68. The summed E-state index contributed by atoms with van der Waals surface area (Å²) in [4.78, 5) is 33.0. The van der Waals surface area contributed by atoms with Crippen LogP contribution in [-0.4, -0.2) is 54.9 Å². The first-order valence-corrected chi connectivity index (χ1v) is 11.0. The Kier molecular flexibility index (Phi) is 6.28. The number of amides is 2. The van der Waals surface area contributed by atoms with Gasteiger partial charge >= 0.3 is 6.09 Å². The number of likely N-dealkylation sites (tertiary alicyclic amines) is 1. The highest BCUT2D eigenvalue weighted by Gasteiger charge is 2.28. The van der Waals surface area contributed by atoms with Gasteiger partial charge in [0.1, 0.15) is 5.69 Å². The van der Waals surface area contributed by atoms with E-state index in [1.165, 1.54) is 11.3 Å². The van der Waals surface area contributed by atoms with Gasteiger partial charge in [-0.2, -0.15) is 0 Å². The molecule has 0 unspecified atom stereocenters. The number of benzene rings is 1. The number of hydrogen-bond acceptors (Lipinski definition) is 7. The fourth-order valence-electron chi connectivity index (χ4n) is 3.71. The van der Waals surface area contributed by atoms with Crippen LogP contribution in [0.1, 0.15) is 41.2 Å². The second kappa shape index (κ2) is 9.27. The van der Waals surface area contributed by atoms with Crippen LogP contribution in [0.15, 0.2) is 23.6 Å². The first-order valence-electron chi connectivity index (χ1n) is 10.1.